The van der Waals surface area contributed by atoms with Crippen LogP contribution in [-0.2, 0) is 11.2 Å². The second-order valence-electron chi connectivity index (χ2n) is 3.59. The highest BCUT2D eigenvalue weighted by Gasteiger charge is 2.17. The van der Waals surface area contributed by atoms with Crippen molar-refractivity contribution in [2.24, 2.45) is 5.73 Å². The van der Waals surface area contributed by atoms with Crippen molar-refractivity contribution in [2.45, 2.75) is 19.4 Å². The van der Waals surface area contributed by atoms with E-state index in [9.17, 15) is 9.18 Å². The van der Waals surface area contributed by atoms with Crippen LogP contribution in [0.4, 0.5) is 4.39 Å². The number of hydrogen-bond donors (Lipinski definition) is 2. The first-order chi connectivity index (χ1) is 7.45. The highest BCUT2D eigenvalue weighted by Crippen LogP contribution is 2.25. The summed E-state index contributed by atoms with van der Waals surface area (Å²) in [7, 11) is 1.34. The second-order valence-corrected chi connectivity index (χ2v) is 3.59. The predicted molar refractivity (Wildman–Crippen MR) is 57.0 cm³/mol. The Hall–Kier alpha value is -1.62. The van der Waals surface area contributed by atoms with Gasteiger partial charge in [-0.3, -0.25) is 4.79 Å². The Kier molecular flexibility index (Phi) is 3.84. The zero-order chi connectivity index (χ0) is 12.3. The fourth-order valence-electron chi connectivity index (χ4n) is 1.51. The number of carboxylic acid groups (broad SMARTS) is 1. The van der Waals surface area contributed by atoms with Crippen LogP contribution in [0.15, 0.2) is 12.1 Å². The molecule has 0 fully saturated rings. The van der Waals surface area contributed by atoms with Crippen LogP contribution in [0.5, 0.6) is 5.75 Å². The molecule has 88 valence electrons. The molecule has 0 aliphatic rings. The number of aryl methyl sites for hydroxylation is 1. The number of hydrogen-bond acceptors (Lipinski definition) is 3. The molecule has 0 amide bonds. The molecule has 0 radical (unpaired) electrons. The molecule has 16 heavy (non-hydrogen) atoms. The van der Waals surface area contributed by atoms with Gasteiger partial charge < -0.3 is 15.6 Å². The van der Waals surface area contributed by atoms with Gasteiger partial charge in [-0.1, -0.05) is 6.07 Å². The van der Waals surface area contributed by atoms with Crippen LogP contribution in [0.2, 0.25) is 0 Å². The quantitative estimate of drug-likeness (QED) is 0.807. The van der Waals surface area contributed by atoms with Crippen molar-refractivity contribution in [3.63, 3.8) is 0 Å². The van der Waals surface area contributed by atoms with Gasteiger partial charge in [0.1, 0.15) is 6.04 Å². The summed E-state index contributed by atoms with van der Waals surface area (Å²) in [6, 6.07) is 1.94. The van der Waals surface area contributed by atoms with Gasteiger partial charge in [-0.15, -0.1) is 0 Å². The van der Waals surface area contributed by atoms with E-state index < -0.39 is 17.8 Å². The number of benzene rings is 1. The topological polar surface area (TPSA) is 72.5 Å². The number of halogens is 1. The normalized spacial score (nSPS) is 12.2. The molecule has 0 spiro atoms. The third-order valence-corrected chi connectivity index (χ3v) is 2.23. The fraction of sp³-hybridized carbons (Fsp3) is 0.364. The van der Waals surface area contributed by atoms with Gasteiger partial charge in [0.15, 0.2) is 11.6 Å². The van der Waals surface area contributed by atoms with Crippen LogP contribution in [0.25, 0.3) is 0 Å². The van der Waals surface area contributed by atoms with Crippen LogP contribution < -0.4 is 10.5 Å². The number of carbonyl (C=O) groups is 1. The number of carboxylic acids is 1. The van der Waals surface area contributed by atoms with E-state index in [1.807, 2.05) is 0 Å². The molecule has 5 heteroatoms. The van der Waals surface area contributed by atoms with Crippen molar-refractivity contribution in [3.8, 4) is 5.75 Å². The minimum Gasteiger partial charge on any atom is -0.493 e. The lowest BCUT2D eigenvalue weighted by molar-refractivity contribution is -0.138. The minimum atomic E-state index is -1.12. The lowest BCUT2D eigenvalue weighted by Gasteiger charge is -2.12. The maximum absolute atomic E-state index is 13.4. The highest BCUT2D eigenvalue weighted by atomic mass is 19.1. The van der Waals surface area contributed by atoms with Crippen LogP contribution in [0.1, 0.15) is 11.1 Å². The first kappa shape index (κ1) is 12.4. The molecule has 0 bridgehead atoms. The molecule has 4 nitrogen and oxygen atoms in total. The summed E-state index contributed by atoms with van der Waals surface area (Å²) in [5.74, 6) is -1.57. The Morgan fingerprint density at radius 3 is 2.75 bits per heavy atom. The molecule has 3 N–H and O–H groups in total. The number of ether oxygens (including phenoxy) is 1. The Morgan fingerprint density at radius 1 is 1.62 bits per heavy atom. The molecular weight excluding hydrogens is 213 g/mol. The minimum absolute atomic E-state index is 0.0388. The van der Waals surface area contributed by atoms with Gasteiger partial charge >= 0.3 is 5.97 Å². The van der Waals surface area contributed by atoms with Gasteiger partial charge in [0.05, 0.1) is 7.11 Å². The maximum Gasteiger partial charge on any atom is 0.320 e. The first-order valence-corrected chi connectivity index (χ1v) is 4.77. The van der Waals surface area contributed by atoms with Crippen LogP contribution >= 0.6 is 0 Å². The van der Waals surface area contributed by atoms with E-state index in [0.29, 0.717) is 11.1 Å². The smallest absolute Gasteiger partial charge is 0.320 e. The second kappa shape index (κ2) is 4.94. The molecule has 0 heterocycles. The average Bonchev–Trinajstić information content (AvgIpc) is 2.16. The SMILES string of the molecule is COc1c(F)cc(C)cc1CC(N)C(=O)O. The van der Waals surface area contributed by atoms with Crippen molar-refractivity contribution in [3.05, 3.63) is 29.1 Å². The van der Waals surface area contributed by atoms with E-state index in [4.69, 9.17) is 15.6 Å². The molecule has 0 aromatic heterocycles. The zero-order valence-corrected chi connectivity index (χ0v) is 9.16. The van der Waals surface area contributed by atoms with Gasteiger partial charge in [0, 0.05) is 6.42 Å². The Bertz CT molecular complexity index is 406. The lowest BCUT2D eigenvalue weighted by atomic mass is 10.0. The van der Waals surface area contributed by atoms with E-state index >= 15 is 0 Å². The summed E-state index contributed by atoms with van der Waals surface area (Å²) in [6.45, 7) is 1.72. The van der Waals surface area contributed by atoms with E-state index in [1.54, 1.807) is 13.0 Å². The number of nitrogens with two attached hydrogens (primary N) is 1. The van der Waals surface area contributed by atoms with E-state index in [2.05, 4.69) is 0 Å². The fourth-order valence-corrected chi connectivity index (χ4v) is 1.51. The van der Waals surface area contributed by atoms with Crippen molar-refractivity contribution in [1.82, 2.24) is 0 Å². The Balaban J connectivity index is 3.07. The van der Waals surface area contributed by atoms with Crippen LogP contribution in [0.3, 0.4) is 0 Å². The van der Waals surface area contributed by atoms with Gasteiger partial charge in [0.25, 0.3) is 0 Å². The molecule has 0 aliphatic carbocycles. The van der Waals surface area contributed by atoms with Gasteiger partial charge in [-0.2, -0.15) is 0 Å². The van der Waals surface area contributed by atoms with Crippen molar-refractivity contribution in [2.75, 3.05) is 7.11 Å². The van der Waals surface area contributed by atoms with Crippen molar-refractivity contribution < 1.29 is 19.0 Å². The van der Waals surface area contributed by atoms with Gasteiger partial charge in [-0.25, -0.2) is 4.39 Å². The lowest BCUT2D eigenvalue weighted by Crippen LogP contribution is -2.32. The molecule has 0 saturated heterocycles. The summed E-state index contributed by atoms with van der Waals surface area (Å²) in [6.07, 6.45) is 0.0388. The highest BCUT2D eigenvalue weighted by molar-refractivity contribution is 5.73. The Labute approximate surface area is 92.8 Å². The van der Waals surface area contributed by atoms with Crippen molar-refractivity contribution >= 4 is 5.97 Å². The predicted octanol–water partition coefficient (Wildman–Crippen LogP) is 1.10. The Morgan fingerprint density at radius 2 is 2.25 bits per heavy atom. The van der Waals surface area contributed by atoms with Crippen molar-refractivity contribution in [1.29, 1.82) is 0 Å². The summed E-state index contributed by atoms with van der Waals surface area (Å²) in [4.78, 5) is 10.6. The summed E-state index contributed by atoms with van der Waals surface area (Å²) >= 11 is 0. The molecular formula is C11H14FNO3. The molecule has 1 aromatic carbocycles. The van der Waals surface area contributed by atoms with Gasteiger partial charge in [-0.05, 0) is 24.1 Å². The molecule has 0 saturated carbocycles. The van der Waals surface area contributed by atoms with Crippen LogP contribution in [0, 0.1) is 12.7 Å². The third-order valence-electron chi connectivity index (χ3n) is 2.23. The molecule has 0 aliphatic heterocycles. The monoisotopic (exact) mass is 227 g/mol. The number of rotatable bonds is 4. The third kappa shape index (κ3) is 2.70. The summed E-state index contributed by atoms with van der Waals surface area (Å²) < 4.78 is 18.3. The van der Waals surface area contributed by atoms with E-state index in [1.165, 1.54) is 13.2 Å². The average molecular weight is 227 g/mol. The zero-order valence-electron chi connectivity index (χ0n) is 9.16. The van der Waals surface area contributed by atoms with E-state index in [-0.39, 0.29) is 12.2 Å². The first-order valence-electron chi connectivity index (χ1n) is 4.77. The summed E-state index contributed by atoms with van der Waals surface area (Å²) in [5.41, 5.74) is 6.56. The molecule has 1 atom stereocenters. The number of methoxy groups -OCH3 is 1. The molecule has 1 aromatic rings. The van der Waals surface area contributed by atoms with Gasteiger partial charge in [0.2, 0.25) is 0 Å². The largest absolute Gasteiger partial charge is 0.493 e. The molecule has 1 unspecified atom stereocenters. The summed E-state index contributed by atoms with van der Waals surface area (Å²) in [5, 5.41) is 8.69. The van der Waals surface area contributed by atoms with Crippen LogP contribution in [-0.4, -0.2) is 24.2 Å². The standard InChI is InChI=1S/C11H14FNO3/c1-6-3-7(5-9(13)11(14)15)10(16-2)8(12)4-6/h3-4,9H,5,13H2,1-2H3,(H,14,15). The number of aliphatic carboxylic acids is 1. The maximum atomic E-state index is 13.4. The van der Waals surface area contributed by atoms with E-state index in [0.717, 1.165) is 0 Å². The molecule has 1 rings (SSSR count).